The van der Waals surface area contributed by atoms with Crippen molar-refractivity contribution in [3.05, 3.63) is 60.7 Å². The van der Waals surface area contributed by atoms with Gasteiger partial charge in [-0.05, 0) is 24.3 Å². The summed E-state index contributed by atoms with van der Waals surface area (Å²) in [5.74, 6) is 0.262. The number of nitrogens with one attached hydrogen (secondary N) is 1. The van der Waals surface area contributed by atoms with Crippen molar-refractivity contribution in [3.63, 3.8) is 0 Å². The molecule has 0 spiro atoms. The highest BCUT2D eigenvalue weighted by Crippen LogP contribution is 2.43. The van der Waals surface area contributed by atoms with E-state index in [1.54, 1.807) is 54.6 Å². The summed E-state index contributed by atoms with van der Waals surface area (Å²) in [6.07, 6.45) is 0. The molecule has 0 aliphatic rings. The molecule has 19 heavy (non-hydrogen) atoms. The zero-order valence-corrected chi connectivity index (χ0v) is 11.5. The number of phosphoric acid groups is 1. The molecule has 0 radical (unpaired) electrons. The molecule has 0 heterocycles. The van der Waals surface area contributed by atoms with Crippen molar-refractivity contribution in [2.45, 2.75) is 0 Å². The molecule has 1 unspecified atom stereocenters. The fraction of sp³-hybridized carbons (Fsp3) is 0. The second-order valence-corrected chi connectivity index (χ2v) is 4.73. The van der Waals surface area contributed by atoms with Crippen LogP contribution in [-0.2, 0) is 9.19 Å². The van der Waals surface area contributed by atoms with E-state index in [0.717, 1.165) is 0 Å². The average molecular weight is 302 g/mol. The smallest absolute Gasteiger partial charge is 0.403 e. The number of benzene rings is 2. The molecule has 0 saturated carbocycles. The molecule has 2 rings (SSSR count). The first-order valence-electron chi connectivity index (χ1n) is 5.23. The maximum absolute atomic E-state index is 11.6. The highest BCUT2D eigenvalue weighted by Gasteiger charge is 2.23. The van der Waals surface area contributed by atoms with Crippen LogP contribution in [0.2, 0.25) is 0 Å². The van der Waals surface area contributed by atoms with Gasteiger partial charge < -0.3 is 4.52 Å². The van der Waals surface area contributed by atoms with Crippen LogP contribution >= 0.6 is 20.2 Å². The standard InChI is InChI=1S/C12H12NO4P.ClH/c14-18(15,16-12-9-5-2-6-10-12)17-13-11-7-3-1-4-8-11;/h1-10,13H,(H,14,15);1H. The second-order valence-electron chi connectivity index (χ2n) is 3.43. The number of hydrogen-bond donors (Lipinski definition) is 2. The topological polar surface area (TPSA) is 67.8 Å². The van der Waals surface area contributed by atoms with Crippen molar-refractivity contribution in [3.8, 4) is 5.75 Å². The first kappa shape index (κ1) is 15.5. The molecule has 2 aromatic rings. The van der Waals surface area contributed by atoms with Gasteiger partial charge in [0.05, 0.1) is 5.69 Å². The summed E-state index contributed by atoms with van der Waals surface area (Å²) in [6.45, 7) is 0. The summed E-state index contributed by atoms with van der Waals surface area (Å²) in [5.41, 5.74) is 2.93. The van der Waals surface area contributed by atoms with Crippen LogP contribution in [0.4, 0.5) is 5.69 Å². The molecule has 102 valence electrons. The maximum atomic E-state index is 11.6. The summed E-state index contributed by atoms with van der Waals surface area (Å²) in [4.78, 5) is 9.48. The van der Waals surface area contributed by atoms with Crippen LogP contribution in [-0.4, -0.2) is 4.89 Å². The third kappa shape index (κ3) is 5.32. The Bertz CT molecular complexity index is 538. The van der Waals surface area contributed by atoms with Crippen LogP contribution in [0.15, 0.2) is 60.7 Å². The van der Waals surface area contributed by atoms with Crippen LogP contribution in [0, 0.1) is 0 Å². The number of anilines is 1. The molecule has 0 aromatic heterocycles. The van der Waals surface area contributed by atoms with Gasteiger partial charge in [0, 0.05) is 0 Å². The first-order chi connectivity index (χ1) is 8.66. The zero-order valence-electron chi connectivity index (χ0n) is 9.80. The molecule has 0 fully saturated rings. The first-order valence-corrected chi connectivity index (χ1v) is 6.72. The van der Waals surface area contributed by atoms with E-state index in [0.29, 0.717) is 5.69 Å². The van der Waals surface area contributed by atoms with Crippen LogP contribution in [0.25, 0.3) is 0 Å². The van der Waals surface area contributed by atoms with Gasteiger partial charge in [-0.1, -0.05) is 36.4 Å². The van der Waals surface area contributed by atoms with Crippen molar-refractivity contribution in [2.24, 2.45) is 0 Å². The summed E-state index contributed by atoms with van der Waals surface area (Å²) < 4.78 is 21.1. The summed E-state index contributed by atoms with van der Waals surface area (Å²) in [5, 5.41) is 0. The fourth-order valence-electron chi connectivity index (χ4n) is 1.25. The molecular formula is C12H13ClNO4P. The summed E-state index contributed by atoms with van der Waals surface area (Å²) in [7, 11) is -4.19. The number of para-hydroxylation sites is 2. The molecule has 2 aromatic carbocycles. The Labute approximate surface area is 117 Å². The van der Waals surface area contributed by atoms with E-state index in [2.05, 4.69) is 10.1 Å². The molecule has 7 heteroatoms. The predicted molar refractivity (Wildman–Crippen MR) is 75.3 cm³/mol. The highest BCUT2D eigenvalue weighted by atomic mass is 35.5. The van der Waals surface area contributed by atoms with Gasteiger partial charge >= 0.3 is 7.82 Å². The Hall–Kier alpha value is -1.52. The maximum Gasteiger partial charge on any atom is 0.549 e. The van der Waals surface area contributed by atoms with Crippen LogP contribution in [0.3, 0.4) is 0 Å². The quantitative estimate of drug-likeness (QED) is 0.652. The minimum atomic E-state index is -4.19. The Kier molecular flexibility index (Phi) is 5.86. The summed E-state index contributed by atoms with van der Waals surface area (Å²) >= 11 is 0. The number of halogens is 1. The van der Waals surface area contributed by atoms with Crippen molar-refractivity contribution in [1.82, 2.24) is 0 Å². The molecule has 0 saturated heterocycles. The second kappa shape index (κ2) is 7.16. The van der Waals surface area contributed by atoms with Crippen molar-refractivity contribution >= 4 is 25.9 Å². The van der Waals surface area contributed by atoms with E-state index in [4.69, 9.17) is 4.52 Å². The van der Waals surface area contributed by atoms with Gasteiger partial charge in [0.25, 0.3) is 0 Å². The van der Waals surface area contributed by atoms with Gasteiger partial charge in [-0.15, -0.1) is 12.4 Å². The highest BCUT2D eigenvalue weighted by molar-refractivity contribution is 7.47. The lowest BCUT2D eigenvalue weighted by Crippen LogP contribution is -2.03. The molecular weight excluding hydrogens is 289 g/mol. The molecule has 5 nitrogen and oxygen atoms in total. The normalized spacial score (nSPS) is 12.9. The predicted octanol–water partition coefficient (Wildman–Crippen LogP) is 3.63. The van der Waals surface area contributed by atoms with Crippen LogP contribution < -0.4 is 10.0 Å². The van der Waals surface area contributed by atoms with Crippen molar-refractivity contribution in [1.29, 1.82) is 0 Å². The van der Waals surface area contributed by atoms with Gasteiger partial charge in [-0.25, -0.2) is 4.57 Å². The molecule has 1 atom stereocenters. The Balaban J connectivity index is 0.00000180. The average Bonchev–Trinajstić information content (AvgIpc) is 2.38. The van der Waals surface area contributed by atoms with E-state index < -0.39 is 7.82 Å². The van der Waals surface area contributed by atoms with E-state index in [-0.39, 0.29) is 18.2 Å². The molecule has 0 aliphatic carbocycles. The van der Waals surface area contributed by atoms with E-state index in [9.17, 15) is 9.46 Å². The lowest BCUT2D eigenvalue weighted by molar-refractivity contribution is 0.240. The number of hydrogen-bond acceptors (Lipinski definition) is 4. The monoisotopic (exact) mass is 301 g/mol. The van der Waals surface area contributed by atoms with E-state index in [1.807, 2.05) is 6.07 Å². The van der Waals surface area contributed by atoms with Gasteiger partial charge in [-0.3, -0.25) is 10.4 Å². The van der Waals surface area contributed by atoms with Gasteiger partial charge in [-0.2, -0.15) is 4.62 Å². The lowest BCUT2D eigenvalue weighted by atomic mass is 10.3. The van der Waals surface area contributed by atoms with Gasteiger partial charge in [0.15, 0.2) is 0 Å². The third-order valence-corrected chi connectivity index (χ3v) is 2.78. The SMILES string of the molecule is Cl.O=P(O)(ONc1ccccc1)Oc1ccccc1. The number of phosphoric ester groups is 1. The summed E-state index contributed by atoms with van der Waals surface area (Å²) in [6, 6.07) is 17.1. The molecule has 0 aliphatic heterocycles. The minimum Gasteiger partial charge on any atom is -0.403 e. The van der Waals surface area contributed by atoms with E-state index in [1.165, 1.54) is 0 Å². The largest absolute Gasteiger partial charge is 0.549 e. The lowest BCUT2D eigenvalue weighted by Gasteiger charge is -2.13. The molecule has 0 amide bonds. The Morgan fingerprint density at radius 1 is 0.947 bits per heavy atom. The van der Waals surface area contributed by atoms with Crippen LogP contribution in [0.1, 0.15) is 0 Å². The van der Waals surface area contributed by atoms with Crippen LogP contribution in [0.5, 0.6) is 5.75 Å². The van der Waals surface area contributed by atoms with Crippen molar-refractivity contribution < 1.29 is 18.6 Å². The van der Waals surface area contributed by atoms with Crippen molar-refractivity contribution in [2.75, 3.05) is 5.48 Å². The molecule has 2 N–H and O–H groups in total. The van der Waals surface area contributed by atoms with Gasteiger partial charge in [0.2, 0.25) is 0 Å². The Morgan fingerprint density at radius 2 is 1.47 bits per heavy atom. The Morgan fingerprint density at radius 3 is 2.05 bits per heavy atom. The van der Waals surface area contributed by atoms with E-state index >= 15 is 0 Å². The fourth-order valence-corrected chi connectivity index (χ4v) is 1.90. The number of rotatable bonds is 5. The zero-order chi connectivity index (χ0) is 12.8. The molecule has 0 bridgehead atoms. The van der Waals surface area contributed by atoms with Gasteiger partial charge in [0.1, 0.15) is 5.75 Å². The third-order valence-electron chi connectivity index (χ3n) is 2.02. The minimum absolute atomic E-state index is 0.